The third-order valence-corrected chi connectivity index (χ3v) is 5.08. The summed E-state index contributed by atoms with van der Waals surface area (Å²) in [5.74, 6) is 0.910. The Labute approximate surface area is 149 Å². The van der Waals surface area contributed by atoms with Crippen molar-refractivity contribution >= 4 is 27.4 Å². The van der Waals surface area contributed by atoms with E-state index in [-0.39, 0.29) is 0 Å². The molecule has 0 bridgehead atoms. The predicted octanol–water partition coefficient (Wildman–Crippen LogP) is 3.84. The molecular formula is C18H18N6S. The first-order valence-electron chi connectivity index (χ1n) is 8.26. The van der Waals surface area contributed by atoms with Gasteiger partial charge < -0.3 is 9.88 Å². The van der Waals surface area contributed by atoms with Crippen LogP contribution < -0.4 is 5.32 Å². The van der Waals surface area contributed by atoms with Crippen LogP contribution in [-0.4, -0.2) is 31.3 Å². The molecule has 0 spiro atoms. The summed E-state index contributed by atoms with van der Waals surface area (Å²) in [6.45, 7) is 1.81. The molecule has 4 rings (SSSR count). The normalized spacial score (nSPS) is 11.0. The molecule has 0 aliphatic carbocycles. The summed E-state index contributed by atoms with van der Waals surface area (Å²) in [7, 11) is 0. The monoisotopic (exact) mass is 350 g/mol. The summed E-state index contributed by atoms with van der Waals surface area (Å²) in [4.78, 5) is 11.1. The zero-order chi connectivity index (χ0) is 16.9. The first-order chi connectivity index (χ1) is 12.4. The highest BCUT2D eigenvalue weighted by atomic mass is 32.1. The van der Waals surface area contributed by atoms with E-state index in [1.807, 2.05) is 10.6 Å². The molecule has 3 heterocycles. The van der Waals surface area contributed by atoms with Gasteiger partial charge in [-0.1, -0.05) is 30.3 Å². The van der Waals surface area contributed by atoms with E-state index >= 15 is 0 Å². The minimum absolute atomic E-state index is 0.880. The van der Waals surface area contributed by atoms with Crippen LogP contribution in [0.25, 0.3) is 20.7 Å². The average Bonchev–Trinajstić information content (AvgIpc) is 3.32. The number of aryl methyl sites for hydroxylation is 1. The molecule has 1 N–H and O–H groups in total. The van der Waals surface area contributed by atoms with Crippen molar-refractivity contribution in [1.29, 1.82) is 0 Å². The van der Waals surface area contributed by atoms with Gasteiger partial charge in [-0.15, -0.1) is 21.5 Å². The number of anilines is 1. The number of unbranched alkanes of at least 4 members (excludes halogenated alkanes) is 1. The number of thiophene rings is 1. The number of rotatable bonds is 7. The van der Waals surface area contributed by atoms with E-state index in [4.69, 9.17) is 0 Å². The highest BCUT2D eigenvalue weighted by Crippen LogP contribution is 2.34. The molecule has 0 saturated heterocycles. The summed E-state index contributed by atoms with van der Waals surface area (Å²) >= 11 is 1.70. The lowest BCUT2D eigenvalue weighted by atomic mass is 10.2. The van der Waals surface area contributed by atoms with Gasteiger partial charge in [-0.05, 0) is 24.5 Å². The lowest BCUT2D eigenvalue weighted by molar-refractivity contribution is 0.619. The lowest BCUT2D eigenvalue weighted by Gasteiger charge is -2.06. The Morgan fingerprint density at radius 1 is 1.00 bits per heavy atom. The van der Waals surface area contributed by atoms with Gasteiger partial charge in [-0.2, -0.15) is 0 Å². The summed E-state index contributed by atoms with van der Waals surface area (Å²) in [6, 6.07) is 12.6. The van der Waals surface area contributed by atoms with Crippen molar-refractivity contribution in [1.82, 2.24) is 24.7 Å². The molecule has 0 fully saturated rings. The molecule has 0 aliphatic heterocycles. The second-order valence-electron chi connectivity index (χ2n) is 5.75. The molecule has 4 aromatic rings. The maximum absolute atomic E-state index is 4.42. The fourth-order valence-corrected chi connectivity index (χ4v) is 3.71. The van der Waals surface area contributed by atoms with Crippen LogP contribution in [0.15, 0.2) is 55.4 Å². The van der Waals surface area contributed by atoms with E-state index in [9.17, 15) is 0 Å². The first kappa shape index (κ1) is 15.7. The number of benzene rings is 1. The van der Waals surface area contributed by atoms with Gasteiger partial charge in [-0.3, -0.25) is 0 Å². The minimum atomic E-state index is 0.880. The number of fused-ring (bicyclic) bond motifs is 1. The van der Waals surface area contributed by atoms with E-state index in [1.54, 1.807) is 30.3 Å². The molecule has 0 unspecified atom stereocenters. The van der Waals surface area contributed by atoms with Crippen molar-refractivity contribution < 1.29 is 0 Å². The van der Waals surface area contributed by atoms with Gasteiger partial charge in [0.15, 0.2) is 0 Å². The van der Waals surface area contributed by atoms with Crippen LogP contribution in [0, 0.1) is 0 Å². The fourth-order valence-electron chi connectivity index (χ4n) is 2.70. The summed E-state index contributed by atoms with van der Waals surface area (Å²) in [6.07, 6.45) is 7.25. The second kappa shape index (κ2) is 7.40. The zero-order valence-corrected chi connectivity index (χ0v) is 14.5. The van der Waals surface area contributed by atoms with E-state index in [0.29, 0.717) is 0 Å². The third-order valence-electron chi connectivity index (χ3n) is 3.99. The Morgan fingerprint density at radius 2 is 1.84 bits per heavy atom. The maximum Gasteiger partial charge on any atom is 0.138 e. The first-order valence-corrected chi connectivity index (χ1v) is 9.08. The molecule has 6 nitrogen and oxygen atoms in total. The Balaban J connectivity index is 1.42. The van der Waals surface area contributed by atoms with Crippen LogP contribution in [0.4, 0.5) is 5.82 Å². The number of aromatic nitrogens is 5. The van der Waals surface area contributed by atoms with Crippen LogP contribution in [0.5, 0.6) is 0 Å². The minimum Gasteiger partial charge on any atom is -0.369 e. The van der Waals surface area contributed by atoms with Crippen LogP contribution in [0.3, 0.4) is 0 Å². The SMILES string of the molecule is c1ccc(-c2cc3c(NCCCCn4cnnc4)ncnc3s2)cc1. The van der Waals surface area contributed by atoms with Crippen molar-refractivity contribution in [2.24, 2.45) is 0 Å². The van der Waals surface area contributed by atoms with Crippen molar-refractivity contribution in [2.45, 2.75) is 19.4 Å². The van der Waals surface area contributed by atoms with Crippen molar-refractivity contribution in [3.05, 3.63) is 55.4 Å². The molecule has 0 atom stereocenters. The van der Waals surface area contributed by atoms with Gasteiger partial charge in [0.1, 0.15) is 29.6 Å². The third kappa shape index (κ3) is 3.66. The van der Waals surface area contributed by atoms with Crippen LogP contribution in [-0.2, 0) is 6.54 Å². The second-order valence-corrected chi connectivity index (χ2v) is 6.78. The van der Waals surface area contributed by atoms with Gasteiger partial charge in [0.05, 0.1) is 5.39 Å². The standard InChI is InChI=1S/C18H18N6S/c1-2-6-14(7-3-1)16-10-15-17(20-11-21-18(15)25-16)19-8-4-5-9-24-12-22-23-13-24/h1-3,6-7,10-13H,4-5,8-9H2,(H,19,20,21). The Kier molecular flexibility index (Phi) is 4.65. The molecule has 3 aromatic heterocycles. The number of hydrogen-bond acceptors (Lipinski definition) is 6. The average molecular weight is 350 g/mol. The van der Waals surface area contributed by atoms with Gasteiger partial charge in [0.2, 0.25) is 0 Å². The van der Waals surface area contributed by atoms with Gasteiger partial charge in [0, 0.05) is 18.0 Å². The summed E-state index contributed by atoms with van der Waals surface area (Å²) < 4.78 is 1.99. The van der Waals surface area contributed by atoms with Gasteiger partial charge >= 0.3 is 0 Å². The molecule has 0 aliphatic rings. The van der Waals surface area contributed by atoms with Crippen molar-refractivity contribution in [2.75, 3.05) is 11.9 Å². The van der Waals surface area contributed by atoms with Gasteiger partial charge in [-0.25, -0.2) is 9.97 Å². The number of hydrogen-bond donors (Lipinski definition) is 1. The van der Waals surface area contributed by atoms with E-state index in [2.05, 4.69) is 55.8 Å². The predicted molar refractivity (Wildman–Crippen MR) is 101 cm³/mol. The Hall–Kier alpha value is -2.80. The summed E-state index contributed by atoms with van der Waals surface area (Å²) in [5.41, 5.74) is 1.21. The van der Waals surface area contributed by atoms with Crippen LogP contribution in [0.1, 0.15) is 12.8 Å². The van der Waals surface area contributed by atoms with Crippen molar-refractivity contribution in [3.63, 3.8) is 0 Å². The zero-order valence-electron chi connectivity index (χ0n) is 13.7. The molecule has 7 heteroatoms. The number of nitrogens with zero attached hydrogens (tertiary/aromatic N) is 5. The highest BCUT2D eigenvalue weighted by Gasteiger charge is 2.09. The largest absolute Gasteiger partial charge is 0.369 e. The molecule has 0 radical (unpaired) electrons. The molecule has 0 saturated carbocycles. The van der Waals surface area contributed by atoms with Crippen LogP contribution in [0.2, 0.25) is 0 Å². The highest BCUT2D eigenvalue weighted by molar-refractivity contribution is 7.21. The quantitative estimate of drug-likeness (QED) is 0.513. The molecular weight excluding hydrogens is 332 g/mol. The Morgan fingerprint density at radius 3 is 2.68 bits per heavy atom. The molecule has 0 amide bonds. The van der Waals surface area contributed by atoms with E-state index in [1.165, 1.54) is 10.4 Å². The van der Waals surface area contributed by atoms with E-state index < -0.39 is 0 Å². The summed E-state index contributed by atoms with van der Waals surface area (Å²) in [5, 5.41) is 12.2. The van der Waals surface area contributed by atoms with Crippen LogP contribution >= 0.6 is 11.3 Å². The fraction of sp³-hybridized carbons (Fsp3) is 0.222. The number of nitrogens with one attached hydrogen (secondary N) is 1. The lowest BCUT2D eigenvalue weighted by Crippen LogP contribution is -2.05. The van der Waals surface area contributed by atoms with Gasteiger partial charge in [0.25, 0.3) is 0 Å². The topological polar surface area (TPSA) is 68.5 Å². The molecule has 126 valence electrons. The molecule has 25 heavy (non-hydrogen) atoms. The Bertz CT molecular complexity index is 933. The maximum atomic E-state index is 4.42. The van der Waals surface area contributed by atoms with E-state index in [0.717, 1.165) is 42.0 Å². The molecule has 1 aromatic carbocycles. The van der Waals surface area contributed by atoms with Crippen molar-refractivity contribution in [3.8, 4) is 10.4 Å². The smallest absolute Gasteiger partial charge is 0.138 e.